The number of carbonyl (C=O) groups excluding carboxylic acids is 1. The maximum absolute atomic E-state index is 12.7. The number of ether oxygens (including phenoxy) is 1. The lowest BCUT2D eigenvalue weighted by molar-refractivity contribution is 0.102. The second-order valence-corrected chi connectivity index (χ2v) is 5.73. The summed E-state index contributed by atoms with van der Waals surface area (Å²) in [5.41, 5.74) is 0.929. The summed E-state index contributed by atoms with van der Waals surface area (Å²) < 4.78 is 5.34. The lowest BCUT2D eigenvalue weighted by Gasteiger charge is -2.12. The van der Waals surface area contributed by atoms with Gasteiger partial charge in [-0.1, -0.05) is 53.5 Å². The SMILES string of the molecule is COc1ccc(C(=O)Nc2c(Cl)cccc2Cl)c2ccccc12. The quantitative estimate of drug-likeness (QED) is 0.689. The van der Waals surface area contributed by atoms with Crippen LogP contribution >= 0.6 is 23.2 Å². The van der Waals surface area contributed by atoms with Crippen LogP contribution in [0.3, 0.4) is 0 Å². The summed E-state index contributed by atoms with van der Waals surface area (Å²) in [5.74, 6) is 0.437. The first-order valence-electron chi connectivity index (χ1n) is 6.93. The fourth-order valence-corrected chi connectivity index (χ4v) is 2.94. The molecule has 116 valence electrons. The molecule has 3 aromatic carbocycles. The minimum Gasteiger partial charge on any atom is -0.496 e. The van der Waals surface area contributed by atoms with Crippen LogP contribution in [-0.4, -0.2) is 13.0 Å². The van der Waals surface area contributed by atoms with Crippen molar-refractivity contribution in [2.24, 2.45) is 0 Å². The molecule has 0 aliphatic heterocycles. The van der Waals surface area contributed by atoms with Gasteiger partial charge in [-0.2, -0.15) is 0 Å². The molecule has 23 heavy (non-hydrogen) atoms. The Morgan fingerprint density at radius 1 is 0.913 bits per heavy atom. The molecule has 0 aliphatic carbocycles. The first kappa shape index (κ1) is 15.7. The fraction of sp³-hybridized carbons (Fsp3) is 0.0556. The third-order valence-corrected chi connectivity index (χ3v) is 4.18. The number of anilines is 1. The number of nitrogens with one attached hydrogen (secondary N) is 1. The van der Waals surface area contributed by atoms with Crippen molar-refractivity contribution in [1.82, 2.24) is 0 Å². The number of hydrogen-bond acceptors (Lipinski definition) is 2. The van der Waals surface area contributed by atoms with Crippen LogP contribution < -0.4 is 10.1 Å². The van der Waals surface area contributed by atoms with E-state index in [9.17, 15) is 4.79 Å². The molecule has 3 aromatic rings. The Morgan fingerprint density at radius 2 is 1.57 bits per heavy atom. The highest BCUT2D eigenvalue weighted by Crippen LogP contribution is 2.32. The lowest BCUT2D eigenvalue weighted by atomic mass is 10.0. The van der Waals surface area contributed by atoms with Crippen LogP contribution in [-0.2, 0) is 0 Å². The van der Waals surface area contributed by atoms with Gasteiger partial charge in [0.15, 0.2) is 0 Å². The fourth-order valence-electron chi connectivity index (χ4n) is 2.45. The number of fused-ring (bicyclic) bond motifs is 1. The van der Waals surface area contributed by atoms with Crippen LogP contribution in [0.4, 0.5) is 5.69 Å². The Kier molecular flexibility index (Phi) is 4.42. The maximum Gasteiger partial charge on any atom is 0.256 e. The van der Waals surface area contributed by atoms with Crippen molar-refractivity contribution in [3.05, 3.63) is 70.2 Å². The summed E-state index contributed by atoms with van der Waals surface area (Å²) in [4.78, 5) is 12.7. The highest BCUT2D eigenvalue weighted by molar-refractivity contribution is 6.40. The molecule has 0 aromatic heterocycles. The Labute approximate surface area is 143 Å². The van der Waals surface area contributed by atoms with Crippen molar-refractivity contribution in [3.8, 4) is 5.75 Å². The van der Waals surface area contributed by atoms with Gasteiger partial charge in [-0.05, 0) is 29.7 Å². The Bertz CT molecular complexity index is 873. The van der Waals surface area contributed by atoms with E-state index in [0.717, 1.165) is 10.8 Å². The van der Waals surface area contributed by atoms with Crippen LogP contribution in [0.1, 0.15) is 10.4 Å². The molecule has 1 N–H and O–H groups in total. The van der Waals surface area contributed by atoms with Gasteiger partial charge in [0.05, 0.1) is 22.8 Å². The monoisotopic (exact) mass is 345 g/mol. The van der Waals surface area contributed by atoms with Crippen molar-refractivity contribution in [3.63, 3.8) is 0 Å². The molecule has 0 unspecified atom stereocenters. The number of carbonyl (C=O) groups is 1. The molecular weight excluding hydrogens is 333 g/mol. The Balaban J connectivity index is 2.05. The molecule has 0 aliphatic rings. The minimum atomic E-state index is -0.279. The third kappa shape index (κ3) is 2.98. The maximum atomic E-state index is 12.7. The number of halogens is 2. The highest BCUT2D eigenvalue weighted by Gasteiger charge is 2.15. The molecular formula is C18H13Cl2NO2. The zero-order chi connectivity index (χ0) is 16.4. The number of para-hydroxylation sites is 1. The number of benzene rings is 3. The first-order chi connectivity index (χ1) is 11.1. The topological polar surface area (TPSA) is 38.3 Å². The first-order valence-corrected chi connectivity index (χ1v) is 7.68. The van der Waals surface area contributed by atoms with E-state index in [1.165, 1.54) is 0 Å². The predicted octanol–water partition coefficient (Wildman–Crippen LogP) is 5.41. The smallest absolute Gasteiger partial charge is 0.256 e. The van der Waals surface area contributed by atoms with Gasteiger partial charge in [-0.15, -0.1) is 0 Å². The standard InChI is InChI=1S/C18H13Cl2NO2/c1-23-16-10-9-13(11-5-2-3-6-12(11)16)18(22)21-17-14(19)7-4-8-15(17)20/h2-10H,1H3,(H,21,22). The number of rotatable bonds is 3. The van der Waals surface area contributed by atoms with Gasteiger partial charge in [-0.25, -0.2) is 0 Å². The predicted molar refractivity (Wildman–Crippen MR) is 94.9 cm³/mol. The van der Waals surface area contributed by atoms with Gasteiger partial charge in [0.2, 0.25) is 0 Å². The molecule has 1 amide bonds. The van der Waals surface area contributed by atoms with Crippen molar-refractivity contribution < 1.29 is 9.53 Å². The Morgan fingerprint density at radius 3 is 2.22 bits per heavy atom. The number of methoxy groups -OCH3 is 1. The molecule has 3 nitrogen and oxygen atoms in total. The average molecular weight is 346 g/mol. The molecule has 0 spiro atoms. The van der Waals surface area contributed by atoms with E-state index >= 15 is 0 Å². The van der Waals surface area contributed by atoms with E-state index in [1.54, 1.807) is 37.4 Å². The molecule has 0 saturated heterocycles. The number of hydrogen-bond donors (Lipinski definition) is 1. The lowest BCUT2D eigenvalue weighted by Crippen LogP contribution is -2.13. The van der Waals surface area contributed by atoms with Gasteiger partial charge in [0.25, 0.3) is 5.91 Å². The summed E-state index contributed by atoms with van der Waals surface area (Å²) in [7, 11) is 1.60. The summed E-state index contributed by atoms with van der Waals surface area (Å²) in [6.45, 7) is 0. The zero-order valence-corrected chi connectivity index (χ0v) is 13.8. The van der Waals surface area contributed by atoms with Crippen LogP contribution in [0.25, 0.3) is 10.8 Å². The summed E-state index contributed by atoms with van der Waals surface area (Å²) >= 11 is 12.2. The summed E-state index contributed by atoms with van der Waals surface area (Å²) in [6, 6.07) is 16.1. The van der Waals surface area contributed by atoms with E-state index in [2.05, 4.69) is 5.32 Å². The second-order valence-electron chi connectivity index (χ2n) is 4.91. The van der Waals surface area contributed by atoms with Crippen LogP contribution in [0.15, 0.2) is 54.6 Å². The van der Waals surface area contributed by atoms with Gasteiger partial charge in [-0.3, -0.25) is 4.79 Å². The molecule has 5 heteroatoms. The van der Waals surface area contributed by atoms with Crippen LogP contribution in [0.2, 0.25) is 10.0 Å². The molecule has 0 radical (unpaired) electrons. The van der Waals surface area contributed by atoms with E-state index in [0.29, 0.717) is 27.0 Å². The van der Waals surface area contributed by atoms with Crippen LogP contribution in [0, 0.1) is 0 Å². The van der Waals surface area contributed by atoms with E-state index in [1.807, 2.05) is 24.3 Å². The van der Waals surface area contributed by atoms with Crippen molar-refractivity contribution in [1.29, 1.82) is 0 Å². The summed E-state index contributed by atoms with van der Waals surface area (Å²) in [6.07, 6.45) is 0. The number of amides is 1. The Hall–Kier alpha value is -2.23. The largest absolute Gasteiger partial charge is 0.496 e. The highest BCUT2D eigenvalue weighted by atomic mass is 35.5. The van der Waals surface area contributed by atoms with E-state index in [-0.39, 0.29) is 5.91 Å². The minimum absolute atomic E-state index is 0.279. The van der Waals surface area contributed by atoms with Gasteiger partial charge >= 0.3 is 0 Å². The van der Waals surface area contributed by atoms with Crippen molar-refractivity contribution >= 4 is 45.6 Å². The van der Waals surface area contributed by atoms with E-state index in [4.69, 9.17) is 27.9 Å². The molecule has 0 saturated carbocycles. The molecule has 0 fully saturated rings. The van der Waals surface area contributed by atoms with Gasteiger partial charge in [0, 0.05) is 10.9 Å². The normalized spacial score (nSPS) is 10.6. The molecule has 0 heterocycles. The van der Waals surface area contributed by atoms with E-state index < -0.39 is 0 Å². The summed E-state index contributed by atoms with van der Waals surface area (Å²) in [5, 5.41) is 5.23. The molecule has 0 atom stereocenters. The third-order valence-electron chi connectivity index (χ3n) is 3.55. The second kappa shape index (κ2) is 6.49. The molecule has 0 bridgehead atoms. The van der Waals surface area contributed by atoms with Crippen LogP contribution in [0.5, 0.6) is 5.75 Å². The van der Waals surface area contributed by atoms with Gasteiger partial charge in [0.1, 0.15) is 5.75 Å². The van der Waals surface area contributed by atoms with Crippen molar-refractivity contribution in [2.45, 2.75) is 0 Å². The van der Waals surface area contributed by atoms with Gasteiger partial charge < -0.3 is 10.1 Å². The molecule has 3 rings (SSSR count). The van der Waals surface area contributed by atoms with Crippen molar-refractivity contribution in [2.75, 3.05) is 12.4 Å². The zero-order valence-electron chi connectivity index (χ0n) is 12.3. The average Bonchev–Trinajstić information content (AvgIpc) is 2.57.